The Balaban J connectivity index is 0.00000408. The molecule has 0 unspecified atom stereocenters. The lowest BCUT2D eigenvalue weighted by Gasteiger charge is -2.29. The Kier molecular flexibility index (Phi) is 10.6. The van der Waals surface area contributed by atoms with Crippen molar-refractivity contribution in [3.63, 3.8) is 0 Å². The van der Waals surface area contributed by atoms with Crippen LogP contribution in [-0.2, 0) is 38.7 Å². The highest BCUT2D eigenvalue weighted by Crippen LogP contribution is 2.37. The number of ether oxygens (including phenoxy) is 2. The van der Waals surface area contributed by atoms with Gasteiger partial charge in [0.1, 0.15) is 13.2 Å². The van der Waals surface area contributed by atoms with Crippen molar-refractivity contribution >= 4 is 11.9 Å². The van der Waals surface area contributed by atoms with Gasteiger partial charge >= 0.3 is 11.9 Å². The molecule has 1 fully saturated rings. The van der Waals surface area contributed by atoms with Crippen LogP contribution in [0.5, 0.6) is 0 Å². The molecule has 1 aliphatic carbocycles. The number of hydrogen-bond donors (Lipinski definition) is 0. The molecule has 2 aromatic carbocycles. The van der Waals surface area contributed by atoms with E-state index in [4.69, 9.17) is 9.47 Å². The van der Waals surface area contributed by atoms with Gasteiger partial charge in [-0.05, 0) is 73.1 Å². The molecular formula is C30H40O4. The van der Waals surface area contributed by atoms with Crippen molar-refractivity contribution in [1.82, 2.24) is 0 Å². The summed E-state index contributed by atoms with van der Waals surface area (Å²) in [6.45, 7) is 9.59. The Labute approximate surface area is 205 Å². The largest absolute Gasteiger partial charge is 0.461 e. The summed E-state index contributed by atoms with van der Waals surface area (Å²) in [7, 11) is 0. The van der Waals surface area contributed by atoms with E-state index in [0.29, 0.717) is 24.0 Å². The van der Waals surface area contributed by atoms with Gasteiger partial charge in [-0.15, -0.1) is 0 Å². The van der Waals surface area contributed by atoms with E-state index in [1.165, 1.54) is 36.8 Å². The third kappa shape index (κ3) is 8.16. The molecule has 0 amide bonds. The van der Waals surface area contributed by atoms with E-state index in [2.05, 4.69) is 55.1 Å². The number of esters is 2. The zero-order valence-electron chi connectivity index (χ0n) is 20.1. The second kappa shape index (κ2) is 13.1. The maximum absolute atomic E-state index is 11.6. The fourth-order valence-corrected chi connectivity index (χ4v) is 4.28. The van der Waals surface area contributed by atoms with Crippen molar-refractivity contribution in [2.45, 2.75) is 79.4 Å². The lowest BCUT2D eigenvalue weighted by Crippen LogP contribution is -2.15. The van der Waals surface area contributed by atoms with Crippen LogP contribution in [0.2, 0.25) is 0 Å². The Morgan fingerprint density at radius 1 is 0.853 bits per heavy atom. The summed E-state index contributed by atoms with van der Waals surface area (Å²) in [5, 5.41) is 0. The highest BCUT2D eigenvalue weighted by atomic mass is 16.5. The van der Waals surface area contributed by atoms with Crippen LogP contribution < -0.4 is 0 Å². The first-order valence-corrected chi connectivity index (χ1v) is 12.0. The van der Waals surface area contributed by atoms with Gasteiger partial charge in [-0.3, -0.25) is 4.79 Å². The molecule has 0 aromatic heterocycles. The summed E-state index contributed by atoms with van der Waals surface area (Å²) in [5.41, 5.74) is 5.19. The standard InChI is InChI=1S/C29H36O4.CH4/c1-20(2)28(30)32-18-24-7-5-22(6-8-24)17-23-9-13-26(14-10-23)27-15-11-25(12-16-27)19-33-29(31)21(3)4;/h5-8,11-12,15-16,20,23,26H,3,9-10,13-14,17-19H2,1-2,4H3;1H4. The quantitative estimate of drug-likeness (QED) is 0.292. The summed E-state index contributed by atoms with van der Waals surface area (Å²) >= 11 is 0. The maximum Gasteiger partial charge on any atom is 0.333 e. The van der Waals surface area contributed by atoms with E-state index < -0.39 is 0 Å². The predicted octanol–water partition coefficient (Wildman–Crippen LogP) is 7.16. The molecule has 2 aromatic rings. The Bertz CT molecular complexity index is 933. The highest BCUT2D eigenvalue weighted by Gasteiger charge is 2.22. The zero-order valence-corrected chi connectivity index (χ0v) is 20.1. The molecule has 0 radical (unpaired) electrons. The van der Waals surface area contributed by atoms with Crippen molar-refractivity contribution in [3.05, 3.63) is 82.9 Å². The lowest BCUT2D eigenvalue weighted by molar-refractivity contribution is -0.148. The van der Waals surface area contributed by atoms with Gasteiger partial charge in [-0.2, -0.15) is 0 Å². The van der Waals surface area contributed by atoms with Gasteiger partial charge in [0.2, 0.25) is 0 Å². The maximum atomic E-state index is 11.6. The summed E-state index contributed by atoms with van der Waals surface area (Å²) < 4.78 is 10.5. The molecule has 0 heterocycles. The topological polar surface area (TPSA) is 52.6 Å². The minimum absolute atomic E-state index is 0. The molecule has 184 valence electrons. The first-order chi connectivity index (χ1) is 15.8. The number of benzene rings is 2. The molecule has 4 heteroatoms. The van der Waals surface area contributed by atoms with Crippen molar-refractivity contribution < 1.29 is 19.1 Å². The van der Waals surface area contributed by atoms with Crippen LogP contribution in [0.3, 0.4) is 0 Å². The predicted molar refractivity (Wildman–Crippen MR) is 137 cm³/mol. The summed E-state index contributed by atoms with van der Waals surface area (Å²) in [4.78, 5) is 23.2. The average Bonchev–Trinajstić information content (AvgIpc) is 2.82. The van der Waals surface area contributed by atoms with E-state index in [1.807, 2.05) is 13.8 Å². The first kappa shape index (κ1) is 27.4. The number of hydrogen-bond acceptors (Lipinski definition) is 4. The summed E-state index contributed by atoms with van der Waals surface area (Å²) in [6.07, 6.45) is 5.98. The molecule has 1 saturated carbocycles. The third-order valence-corrected chi connectivity index (χ3v) is 6.42. The van der Waals surface area contributed by atoms with Gasteiger partial charge < -0.3 is 9.47 Å². The fourth-order valence-electron chi connectivity index (χ4n) is 4.28. The van der Waals surface area contributed by atoms with Crippen molar-refractivity contribution in [2.75, 3.05) is 0 Å². The van der Waals surface area contributed by atoms with Crippen molar-refractivity contribution in [3.8, 4) is 0 Å². The average molecular weight is 465 g/mol. The molecule has 3 rings (SSSR count). The molecule has 0 saturated heterocycles. The van der Waals surface area contributed by atoms with Crippen LogP contribution in [-0.4, -0.2) is 11.9 Å². The Morgan fingerprint density at radius 2 is 1.35 bits per heavy atom. The Morgan fingerprint density at radius 3 is 1.88 bits per heavy atom. The minimum Gasteiger partial charge on any atom is -0.461 e. The molecule has 0 atom stereocenters. The molecule has 0 N–H and O–H groups in total. The molecular weight excluding hydrogens is 424 g/mol. The van der Waals surface area contributed by atoms with E-state index in [9.17, 15) is 9.59 Å². The van der Waals surface area contributed by atoms with Crippen LogP contribution in [0.1, 0.15) is 82.1 Å². The summed E-state index contributed by atoms with van der Waals surface area (Å²) in [5.74, 6) is 0.722. The highest BCUT2D eigenvalue weighted by molar-refractivity contribution is 5.86. The molecule has 34 heavy (non-hydrogen) atoms. The smallest absolute Gasteiger partial charge is 0.333 e. The van der Waals surface area contributed by atoms with Crippen LogP contribution in [0.4, 0.5) is 0 Å². The summed E-state index contributed by atoms with van der Waals surface area (Å²) in [6, 6.07) is 17.0. The molecule has 0 aliphatic heterocycles. The molecule has 4 nitrogen and oxygen atoms in total. The van der Waals surface area contributed by atoms with Gasteiger partial charge in [0, 0.05) is 5.57 Å². The van der Waals surface area contributed by atoms with Gasteiger partial charge in [0.15, 0.2) is 0 Å². The molecule has 0 bridgehead atoms. The fraction of sp³-hybridized carbons (Fsp3) is 0.467. The number of carbonyl (C=O) groups is 2. The third-order valence-electron chi connectivity index (χ3n) is 6.42. The van der Waals surface area contributed by atoms with E-state index in [-0.39, 0.29) is 31.9 Å². The second-order valence-corrected chi connectivity index (χ2v) is 9.60. The second-order valence-electron chi connectivity index (χ2n) is 9.60. The normalized spacial score (nSPS) is 17.5. The molecule has 1 aliphatic rings. The van der Waals surface area contributed by atoms with Crippen LogP contribution >= 0.6 is 0 Å². The van der Waals surface area contributed by atoms with Crippen LogP contribution in [0, 0.1) is 11.8 Å². The van der Waals surface area contributed by atoms with Gasteiger partial charge in [0.25, 0.3) is 0 Å². The minimum atomic E-state index is -0.346. The monoisotopic (exact) mass is 464 g/mol. The van der Waals surface area contributed by atoms with Gasteiger partial charge in [-0.1, -0.05) is 76.4 Å². The number of carbonyl (C=O) groups excluding carboxylic acids is 2. The first-order valence-electron chi connectivity index (χ1n) is 12.0. The lowest BCUT2D eigenvalue weighted by atomic mass is 9.76. The van der Waals surface area contributed by atoms with Crippen molar-refractivity contribution in [2.24, 2.45) is 11.8 Å². The van der Waals surface area contributed by atoms with E-state index in [1.54, 1.807) is 6.92 Å². The van der Waals surface area contributed by atoms with Gasteiger partial charge in [-0.25, -0.2) is 4.79 Å². The Hall–Kier alpha value is -2.88. The molecule has 0 spiro atoms. The SMILES string of the molecule is C.C=C(C)C(=O)OCc1ccc(C2CCC(Cc3ccc(COC(=O)C(C)C)cc3)CC2)cc1. The van der Waals surface area contributed by atoms with E-state index >= 15 is 0 Å². The van der Waals surface area contributed by atoms with E-state index in [0.717, 1.165) is 17.5 Å². The zero-order chi connectivity index (χ0) is 23.8. The van der Waals surface area contributed by atoms with Gasteiger partial charge in [0.05, 0.1) is 5.92 Å². The van der Waals surface area contributed by atoms with Crippen LogP contribution in [0.15, 0.2) is 60.7 Å². The van der Waals surface area contributed by atoms with Crippen molar-refractivity contribution in [1.29, 1.82) is 0 Å². The van der Waals surface area contributed by atoms with Crippen LogP contribution in [0.25, 0.3) is 0 Å². The number of rotatable bonds is 9.